The van der Waals surface area contributed by atoms with E-state index in [-0.39, 0.29) is 5.78 Å². The third-order valence-electron chi connectivity index (χ3n) is 3.12. The van der Waals surface area contributed by atoms with E-state index in [1.165, 1.54) is 5.56 Å². The molecular formula is C16H19NO2. The number of Topliss-reactive ketones (excluding diaryl/α,β-unsaturated/α-hetero) is 1. The number of furan rings is 1. The second-order valence-corrected chi connectivity index (χ2v) is 4.88. The van der Waals surface area contributed by atoms with E-state index in [4.69, 9.17) is 4.42 Å². The zero-order valence-electron chi connectivity index (χ0n) is 11.6. The minimum Gasteiger partial charge on any atom is -0.468 e. The van der Waals surface area contributed by atoms with Gasteiger partial charge in [0.2, 0.25) is 0 Å². The third-order valence-corrected chi connectivity index (χ3v) is 3.12. The Morgan fingerprint density at radius 3 is 2.47 bits per heavy atom. The van der Waals surface area contributed by atoms with Crippen molar-refractivity contribution in [3.8, 4) is 0 Å². The molecular weight excluding hydrogens is 238 g/mol. The summed E-state index contributed by atoms with van der Waals surface area (Å²) in [5, 5.41) is 3.11. The number of rotatable bonds is 5. The molecule has 1 aromatic carbocycles. The Balaban J connectivity index is 2.00. The molecule has 0 amide bonds. The lowest BCUT2D eigenvalue weighted by molar-refractivity contribution is 0.0989. The minimum atomic E-state index is 0.126. The molecule has 0 aliphatic carbocycles. The molecule has 2 aromatic rings. The van der Waals surface area contributed by atoms with Gasteiger partial charge in [-0.25, -0.2) is 0 Å². The Morgan fingerprint density at radius 1 is 1.21 bits per heavy atom. The van der Waals surface area contributed by atoms with Crippen LogP contribution in [-0.2, 0) is 6.54 Å². The topological polar surface area (TPSA) is 42.2 Å². The van der Waals surface area contributed by atoms with Crippen LogP contribution in [0.2, 0.25) is 0 Å². The minimum absolute atomic E-state index is 0.126. The lowest BCUT2D eigenvalue weighted by atomic mass is 9.96. The van der Waals surface area contributed by atoms with Crippen LogP contribution in [0, 0.1) is 20.8 Å². The summed E-state index contributed by atoms with van der Waals surface area (Å²) in [6, 6.07) is 7.83. The molecule has 3 heteroatoms. The highest BCUT2D eigenvalue weighted by atomic mass is 16.3. The predicted molar refractivity (Wildman–Crippen MR) is 75.4 cm³/mol. The normalized spacial score (nSPS) is 10.7. The quantitative estimate of drug-likeness (QED) is 0.836. The van der Waals surface area contributed by atoms with Crippen molar-refractivity contribution in [1.82, 2.24) is 5.32 Å². The highest BCUT2D eigenvalue weighted by Crippen LogP contribution is 2.16. The van der Waals surface area contributed by atoms with Gasteiger partial charge in [-0.1, -0.05) is 17.7 Å². The number of hydrogen-bond donors (Lipinski definition) is 1. The summed E-state index contributed by atoms with van der Waals surface area (Å²) >= 11 is 0. The maximum Gasteiger partial charge on any atom is 0.177 e. The van der Waals surface area contributed by atoms with Crippen molar-refractivity contribution >= 4 is 5.78 Å². The summed E-state index contributed by atoms with van der Waals surface area (Å²) in [5.41, 5.74) is 4.11. The molecule has 0 atom stereocenters. The first-order chi connectivity index (χ1) is 9.08. The number of hydrogen-bond acceptors (Lipinski definition) is 3. The fraction of sp³-hybridized carbons (Fsp3) is 0.312. The zero-order chi connectivity index (χ0) is 13.8. The van der Waals surface area contributed by atoms with Gasteiger partial charge in [0.15, 0.2) is 5.78 Å². The average Bonchev–Trinajstić information content (AvgIpc) is 2.80. The largest absolute Gasteiger partial charge is 0.468 e. The van der Waals surface area contributed by atoms with E-state index in [9.17, 15) is 4.79 Å². The molecule has 0 aliphatic rings. The monoisotopic (exact) mass is 257 g/mol. The molecule has 3 nitrogen and oxygen atoms in total. The number of benzene rings is 1. The summed E-state index contributed by atoms with van der Waals surface area (Å²) < 4.78 is 5.21. The second kappa shape index (κ2) is 5.85. The predicted octanol–water partition coefficient (Wildman–Crippen LogP) is 3.18. The number of carbonyl (C=O) groups is 1. The van der Waals surface area contributed by atoms with Crippen molar-refractivity contribution in [2.75, 3.05) is 6.54 Å². The van der Waals surface area contributed by atoms with E-state index in [0.29, 0.717) is 13.1 Å². The summed E-state index contributed by atoms with van der Waals surface area (Å²) in [5.74, 6) is 0.965. The van der Waals surface area contributed by atoms with Gasteiger partial charge in [0, 0.05) is 5.56 Å². The van der Waals surface area contributed by atoms with Crippen molar-refractivity contribution in [2.24, 2.45) is 0 Å². The van der Waals surface area contributed by atoms with E-state index in [1.54, 1.807) is 6.26 Å². The van der Waals surface area contributed by atoms with Gasteiger partial charge in [-0.05, 0) is 44.0 Å². The SMILES string of the molecule is Cc1cc(C)c(C(=O)CNCc2ccco2)c(C)c1. The summed E-state index contributed by atoms with van der Waals surface area (Å²) in [7, 11) is 0. The Bertz CT molecular complexity index is 547. The van der Waals surface area contributed by atoms with Gasteiger partial charge in [0.1, 0.15) is 5.76 Å². The smallest absolute Gasteiger partial charge is 0.177 e. The average molecular weight is 257 g/mol. The van der Waals surface area contributed by atoms with Crippen molar-refractivity contribution in [3.05, 3.63) is 58.5 Å². The molecule has 0 radical (unpaired) electrons. The van der Waals surface area contributed by atoms with Crippen LogP contribution in [0.5, 0.6) is 0 Å². The van der Waals surface area contributed by atoms with E-state index in [2.05, 4.69) is 5.32 Å². The maximum absolute atomic E-state index is 12.2. The molecule has 19 heavy (non-hydrogen) atoms. The fourth-order valence-corrected chi connectivity index (χ4v) is 2.42. The Morgan fingerprint density at radius 2 is 1.89 bits per heavy atom. The van der Waals surface area contributed by atoms with Gasteiger partial charge in [0.25, 0.3) is 0 Å². The van der Waals surface area contributed by atoms with Gasteiger partial charge >= 0.3 is 0 Å². The van der Waals surface area contributed by atoms with Gasteiger partial charge in [-0.3, -0.25) is 4.79 Å². The van der Waals surface area contributed by atoms with E-state index >= 15 is 0 Å². The Kier molecular flexibility index (Phi) is 4.17. The molecule has 1 N–H and O–H groups in total. The van der Waals surface area contributed by atoms with Crippen LogP contribution in [-0.4, -0.2) is 12.3 Å². The van der Waals surface area contributed by atoms with Crippen LogP contribution in [0.4, 0.5) is 0 Å². The first kappa shape index (κ1) is 13.6. The van der Waals surface area contributed by atoms with Gasteiger partial charge < -0.3 is 9.73 Å². The molecule has 100 valence electrons. The van der Waals surface area contributed by atoms with Crippen molar-refractivity contribution in [3.63, 3.8) is 0 Å². The number of nitrogens with one attached hydrogen (secondary N) is 1. The molecule has 0 saturated carbocycles. The summed E-state index contributed by atoms with van der Waals surface area (Å²) in [6.07, 6.45) is 1.63. The fourth-order valence-electron chi connectivity index (χ4n) is 2.42. The number of carbonyl (C=O) groups excluding carboxylic acids is 1. The van der Waals surface area contributed by atoms with Gasteiger partial charge in [0.05, 0.1) is 19.4 Å². The lowest BCUT2D eigenvalue weighted by Crippen LogP contribution is -2.23. The van der Waals surface area contributed by atoms with Crippen LogP contribution in [0.25, 0.3) is 0 Å². The summed E-state index contributed by atoms with van der Waals surface area (Å²) in [6.45, 7) is 6.91. The number of ketones is 1. The van der Waals surface area contributed by atoms with Crippen LogP contribution >= 0.6 is 0 Å². The molecule has 0 saturated heterocycles. The van der Waals surface area contributed by atoms with Crippen LogP contribution in [0.15, 0.2) is 34.9 Å². The standard InChI is InChI=1S/C16H19NO2/c1-11-7-12(2)16(13(3)8-11)15(18)10-17-9-14-5-4-6-19-14/h4-8,17H,9-10H2,1-3H3. The first-order valence-corrected chi connectivity index (χ1v) is 6.42. The first-order valence-electron chi connectivity index (χ1n) is 6.42. The Hall–Kier alpha value is -1.87. The maximum atomic E-state index is 12.2. The molecule has 2 rings (SSSR count). The van der Waals surface area contributed by atoms with Crippen molar-refractivity contribution in [2.45, 2.75) is 27.3 Å². The zero-order valence-corrected chi connectivity index (χ0v) is 11.6. The molecule has 0 spiro atoms. The Labute approximate surface area is 113 Å². The number of aryl methyl sites for hydroxylation is 3. The molecule has 1 aromatic heterocycles. The van der Waals surface area contributed by atoms with Crippen molar-refractivity contribution in [1.29, 1.82) is 0 Å². The lowest BCUT2D eigenvalue weighted by Gasteiger charge is -2.10. The molecule has 0 fully saturated rings. The molecule has 0 bridgehead atoms. The van der Waals surface area contributed by atoms with Crippen LogP contribution < -0.4 is 5.32 Å². The van der Waals surface area contributed by atoms with E-state index in [1.807, 2.05) is 45.0 Å². The molecule has 1 heterocycles. The van der Waals surface area contributed by atoms with Gasteiger partial charge in [-0.15, -0.1) is 0 Å². The second-order valence-electron chi connectivity index (χ2n) is 4.88. The van der Waals surface area contributed by atoms with E-state index in [0.717, 1.165) is 22.5 Å². The highest BCUT2D eigenvalue weighted by Gasteiger charge is 2.12. The van der Waals surface area contributed by atoms with Crippen LogP contribution in [0.3, 0.4) is 0 Å². The van der Waals surface area contributed by atoms with Gasteiger partial charge in [-0.2, -0.15) is 0 Å². The summed E-state index contributed by atoms with van der Waals surface area (Å²) in [4.78, 5) is 12.2. The molecule has 0 unspecified atom stereocenters. The van der Waals surface area contributed by atoms with Crippen LogP contribution in [0.1, 0.15) is 32.8 Å². The van der Waals surface area contributed by atoms with E-state index < -0.39 is 0 Å². The highest BCUT2D eigenvalue weighted by molar-refractivity contribution is 6.00. The third kappa shape index (κ3) is 3.32. The van der Waals surface area contributed by atoms with Crippen molar-refractivity contribution < 1.29 is 9.21 Å². The molecule has 0 aliphatic heterocycles.